The van der Waals surface area contributed by atoms with Gasteiger partial charge in [0, 0.05) is 31.4 Å². The van der Waals surface area contributed by atoms with Gasteiger partial charge in [0.05, 0.1) is 11.5 Å². The molecule has 0 radical (unpaired) electrons. The molecule has 1 aromatic rings. The van der Waals surface area contributed by atoms with Crippen molar-refractivity contribution in [3.8, 4) is 0 Å². The third kappa shape index (κ3) is 4.76. The minimum absolute atomic E-state index is 0.0643. The number of hydrogen-bond acceptors (Lipinski definition) is 6. The molecule has 0 saturated carbocycles. The number of carbonyl (C=O) groups excluding carboxylic acids is 1. The van der Waals surface area contributed by atoms with Gasteiger partial charge in [0.1, 0.15) is 0 Å². The lowest BCUT2D eigenvalue weighted by Gasteiger charge is -2.10. The van der Waals surface area contributed by atoms with Crippen molar-refractivity contribution >= 4 is 21.7 Å². The molecule has 2 heterocycles. The predicted molar refractivity (Wildman–Crippen MR) is 75.0 cm³/mol. The first-order valence-electron chi connectivity index (χ1n) is 6.56. The van der Waals surface area contributed by atoms with E-state index in [0.29, 0.717) is 31.8 Å². The number of sulfone groups is 1. The van der Waals surface area contributed by atoms with E-state index in [4.69, 9.17) is 0 Å². The SMILES string of the molecule is O=C(CCCNc1ncccn1)NC1CCS(=O)(=O)C1. The van der Waals surface area contributed by atoms with Crippen LogP contribution < -0.4 is 10.6 Å². The largest absolute Gasteiger partial charge is 0.354 e. The van der Waals surface area contributed by atoms with Crippen LogP contribution in [0, 0.1) is 0 Å². The van der Waals surface area contributed by atoms with Crippen molar-refractivity contribution in [1.82, 2.24) is 15.3 Å². The molecule has 0 aliphatic carbocycles. The van der Waals surface area contributed by atoms with Gasteiger partial charge in [-0.15, -0.1) is 0 Å². The van der Waals surface area contributed by atoms with Gasteiger partial charge in [-0.05, 0) is 18.9 Å². The molecule has 1 atom stereocenters. The zero-order valence-corrected chi connectivity index (χ0v) is 11.9. The first kappa shape index (κ1) is 14.7. The Bertz CT molecular complexity index is 547. The summed E-state index contributed by atoms with van der Waals surface area (Å²) in [6.07, 6.45) is 4.80. The number of carbonyl (C=O) groups is 1. The van der Waals surface area contributed by atoms with Crippen LogP contribution in [0.3, 0.4) is 0 Å². The maximum absolute atomic E-state index is 11.7. The topological polar surface area (TPSA) is 101 Å². The highest BCUT2D eigenvalue weighted by Gasteiger charge is 2.28. The van der Waals surface area contributed by atoms with Crippen LogP contribution in [-0.2, 0) is 14.6 Å². The summed E-state index contributed by atoms with van der Waals surface area (Å²) in [5.74, 6) is 0.664. The summed E-state index contributed by atoms with van der Waals surface area (Å²) >= 11 is 0. The van der Waals surface area contributed by atoms with Crippen LogP contribution in [-0.4, -0.2) is 48.4 Å². The average molecular weight is 298 g/mol. The number of rotatable bonds is 6. The number of hydrogen-bond donors (Lipinski definition) is 2. The van der Waals surface area contributed by atoms with E-state index in [2.05, 4.69) is 20.6 Å². The summed E-state index contributed by atoms with van der Waals surface area (Å²) in [5, 5.41) is 5.76. The Labute approximate surface area is 118 Å². The van der Waals surface area contributed by atoms with Crippen LogP contribution in [0.5, 0.6) is 0 Å². The highest BCUT2D eigenvalue weighted by Crippen LogP contribution is 2.11. The summed E-state index contributed by atoms with van der Waals surface area (Å²) in [6.45, 7) is 0.598. The minimum Gasteiger partial charge on any atom is -0.354 e. The van der Waals surface area contributed by atoms with E-state index in [9.17, 15) is 13.2 Å². The van der Waals surface area contributed by atoms with Crippen molar-refractivity contribution in [3.63, 3.8) is 0 Å². The molecule has 1 aliphatic rings. The normalized spacial score (nSPS) is 20.5. The predicted octanol–water partition coefficient (Wildman–Crippen LogP) is -0.0280. The van der Waals surface area contributed by atoms with Crippen LogP contribution in [0.15, 0.2) is 18.5 Å². The summed E-state index contributed by atoms with van der Waals surface area (Å²) in [6, 6.07) is 1.51. The van der Waals surface area contributed by atoms with Gasteiger partial charge in [-0.25, -0.2) is 18.4 Å². The van der Waals surface area contributed by atoms with Crippen molar-refractivity contribution in [1.29, 1.82) is 0 Å². The van der Waals surface area contributed by atoms with Gasteiger partial charge < -0.3 is 10.6 Å². The number of nitrogens with one attached hydrogen (secondary N) is 2. The molecule has 1 aromatic heterocycles. The molecule has 20 heavy (non-hydrogen) atoms. The van der Waals surface area contributed by atoms with Gasteiger partial charge >= 0.3 is 0 Å². The van der Waals surface area contributed by atoms with Crippen molar-refractivity contribution in [3.05, 3.63) is 18.5 Å². The molecule has 2 rings (SSSR count). The van der Waals surface area contributed by atoms with Crippen LogP contribution in [0.4, 0.5) is 5.95 Å². The van der Waals surface area contributed by atoms with Crippen LogP contribution in [0.1, 0.15) is 19.3 Å². The second-order valence-corrected chi connectivity index (χ2v) is 7.00. The Hall–Kier alpha value is -1.70. The Kier molecular flexibility index (Phi) is 4.89. The zero-order chi connectivity index (χ0) is 14.4. The Morgan fingerprint density at radius 3 is 2.75 bits per heavy atom. The molecular weight excluding hydrogens is 280 g/mol. The number of nitrogens with zero attached hydrogens (tertiary/aromatic N) is 2. The van der Waals surface area contributed by atoms with Crippen molar-refractivity contribution < 1.29 is 13.2 Å². The Morgan fingerprint density at radius 1 is 1.35 bits per heavy atom. The first-order valence-corrected chi connectivity index (χ1v) is 8.38. The fourth-order valence-electron chi connectivity index (χ4n) is 2.05. The summed E-state index contributed by atoms with van der Waals surface area (Å²) in [5.41, 5.74) is 0. The van der Waals surface area contributed by atoms with Crippen LogP contribution >= 0.6 is 0 Å². The highest BCUT2D eigenvalue weighted by atomic mass is 32.2. The third-order valence-electron chi connectivity index (χ3n) is 3.03. The molecule has 0 aromatic carbocycles. The number of amides is 1. The van der Waals surface area contributed by atoms with E-state index < -0.39 is 9.84 Å². The quantitative estimate of drug-likeness (QED) is 0.715. The van der Waals surface area contributed by atoms with E-state index in [-0.39, 0.29) is 23.5 Å². The molecule has 1 fully saturated rings. The smallest absolute Gasteiger partial charge is 0.222 e. The van der Waals surface area contributed by atoms with Crippen molar-refractivity contribution in [2.24, 2.45) is 0 Å². The fraction of sp³-hybridized carbons (Fsp3) is 0.583. The van der Waals surface area contributed by atoms with E-state index in [1.807, 2.05) is 0 Å². The van der Waals surface area contributed by atoms with Crippen LogP contribution in [0.2, 0.25) is 0 Å². The van der Waals surface area contributed by atoms with Gasteiger partial charge in [0.25, 0.3) is 0 Å². The molecule has 1 amide bonds. The second kappa shape index (κ2) is 6.65. The number of aromatic nitrogens is 2. The van der Waals surface area contributed by atoms with E-state index in [0.717, 1.165) is 0 Å². The zero-order valence-electron chi connectivity index (χ0n) is 11.1. The summed E-state index contributed by atoms with van der Waals surface area (Å²) in [7, 11) is -2.95. The third-order valence-corrected chi connectivity index (χ3v) is 4.79. The molecule has 7 nitrogen and oxygen atoms in total. The molecule has 0 spiro atoms. The Morgan fingerprint density at radius 2 is 2.10 bits per heavy atom. The first-order chi connectivity index (χ1) is 9.55. The lowest BCUT2D eigenvalue weighted by molar-refractivity contribution is -0.121. The monoisotopic (exact) mass is 298 g/mol. The molecule has 0 bridgehead atoms. The average Bonchev–Trinajstić information content (AvgIpc) is 2.75. The maximum Gasteiger partial charge on any atom is 0.222 e. The minimum atomic E-state index is -2.95. The van der Waals surface area contributed by atoms with Crippen molar-refractivity contribution in [2.45, 2.75) is 25.3 Å². The summed E-state index contributed by atoms with van der Waals surface area (Å²) in [4.78, 5) is 19.7. The number of anilines is 1. The molecular formula is C12H18N4O3S. The van der Waals surface area contributed by atoms with Gasteiger partial charge in [0.2, 0.25) is 11.9 Å². The van der Waals surface area contributed by atoms with E-state index in [1.54, 1.807) is 18.5 Å². The second-order valence-electron chi connectivity index (χ2n) is 4.77. The van der Waals surface area contributed by atoms with E-state index in [1.165, 1.54) is 0 Å². The van der Waals surface area contributed by atoms with Crippen LogP contribution in [0.25, 0.3) is 0 Å². The van der Waals surface area contributed by atoms with Gasteiger partial charge in [-0.2, -0.15) is 0 Å². The highest BCUT2D eigenvalue weighted by molar-refractivity contribution is 7.91. The molecule has 8 heteroatoms. The van der Waals surface area contributed by atoms with Gasteiger partial charge in [-0.3, -0.25) is 4.79 Å². The maximum atomic E-state index is 11.7. The van der Waals surface area contributed by atoms with Gasteiger partial charge in [-0.1, -0.05) is 0 Å². The van der Waals surface area contributed by atoms with E-state index >= 15 is 0 Å². The molecule has 2 N–H and O–H groups in total. The lowest BCUT2D eigenvalue weighted by Crippen LogP contribution is -2.35. The molecule has 1 aliphatic heterocycles. The molecule has 110 valence electrons. The lowest BCUT2D eigenvalue weighted by atomic mass is 10.2. The summed E-state index contributed by atoms with van der Waals surface area (Å²) < 4.78 is 22.5. The molecule has 1 unspecified atom stereocenters. The van der Waals surface area contributed by atoms with Crippen molar-refractivity contribution in [2.75, 3.05) is 23.4 Å². The standard InChI is InChI=1S/C12H18N4O3S/c17-11(16-10-4-8-20(18,19)9-10)3-1-5-13-12-14-6-2-7-15-12/h2,6-7,10H,1,3-5,8-9H2,(H,16,17)(H,13,14,15). The molecule has 1 saturated heterocycles. The Balaban J connectivity index is 1.61. The van der Waals surface area contributed by atoms with Gasteiger partial charge in [0.15, 0.2) is 9.84 Å². The fourth-order valence-corrected chi connectivity index (χ4v) is 3.72.